The molecule has 0 aliphatic heterocycles. The SMILES string of the molecule is O=[N+]([O-])c1cccc(-c2ccn(-c3ccccc3)n2)c1. The highest BCUT2D eigenvalue weighted by atomic mass is 16.6. The molecule has 0 N–H and O–H groups in total. The third-order valence-electron chi connectivity index (χ3n) is 2.96. The number of benzene rings is 2. The lowest BCUT2D eigenvalue weighted by molar-refractivity contribution is -0.384. The molecule has 0 bridgehead atoms. The van der Waals surface area contributed by atoms with E-state index in [9.17, 15) is 10.1 Å². The molecule has 2 aromatic carbocycles. The molecule has 1 heterocycles. The van der Waals surface area contributed by atoms with Crippen molar-refractivity contribution in [3.05, 3.63) is 77.0 Å². The summed E-state index contributed by atoms with van der Waals surface area (Å²) >= 11 is 0. The maximum Gasteiger partial charge on any atom is 0.270 e. The van der Waals surface area contributed by atoms with E-state index in [1.165, 1.54) is 12.1 Å². The summed E-state index contributed by atoms with van der Waals surface area (Å²) in [5.74, 6) is 0. The molecule has 0 atom stereocenters. The number of hydrogen-bond acceptors (Lipinski definition) is 3. The Morgan fingerprint density at radius 3 is 2.55 bits per heavy atom. The zero-order valence-electron chi connectivity index (χ0n) is 10.5. The average molecular weight is 265 g/mol. The molecule has 5 nitrogen and oxygen atoms in total. The maximum absolute atomic E-state index is 10.8. The molecule has 0 amide bonds. The molecule has 1 aromatic heterocycles. The predicted octanol–water partition coefficient (Wildman–Crippen LogP) is 3.45. The topological polar surface area (TPSA) is 61.0 Å². The molecule has 20 heavy (non-hydrogen) atoms. The molecule has 0 unspecified atom stereocenters. The van der Waals surface area contributed by atoms with E-state index in [4.69, 9.17) is 0 Å². The van der Waals surface area contributed by atoms with Crippen molar-refractivity contribution in [1.29, 1.82) is 0 Å². The molecule has 3 rings (SSSR count). The molecule has 0 aliphatic rings. The van der Waals surface area contributed by atoms with Gasteiger partial charge in [-0.05, 0) is 18.2 Å². The van der Waals surface area contributed by atoms with Crippen molar-refractivity contribution < 1.29 is 4.92 Å². The Morgan fingerprint density at radius 2 is 1.80 bits per heavy atom. The van der Waals surface area contributed by atoms with Crippen LogP contribution in [0.5, 0.6) is 0 Å². The Kier molecular flexibility index (Phi) is 3.01. The van der Waals surface area contributed by atoms with Crippen LogP contribution < -0.4 is 0 Å². The largest absolute Gasteiger partial charge is 0.270 e. The van der Waals surface area contributed by atoms with E-state index in [1.807, 2.05) is 48.7 Å². The molecule has 0 saturated heterocycles. The highest BCUT2D eigenvalue weighted by Crippen LogP contribution is 2.22. The second-order valence-electron chi connectivity index (χ2n) is 4.29. The maximum atomic E-state index is 10.8. The van der Waals surface area contributed by atoms with E-state index in [0.717, 1.165) is 11.3 Å². The van der Waals surface area contributed by atoms with Crippen molar-refractivity contribution in [2.24, 2.45) is 0 Å². The van der Waals surface area contributed by atoms with Crippen molar-refractivity contribution in [1.82, 2.24) is 9.78 Å². The van der Waals surface area contributed by atoms with Gasteiger partial charge in [0.2, 0.25) is 0 Å². The highest BCUT2D eigenvalue weighted by molar-refractivity contribution is 5.62. The van der Waals surface area contributed by atoms with Gasteiger partial charge in [-0.3, -0.25) is 10.1 Å². The molecule has 0 fully saturated rings. The van der Waals surface area contributed by atoms with Crippen molar-refractivity contribution in [2.45, 2.75) is 0 Å². The van der Waals surface area contributed by atoms with Crippen LogP contribution in [0.2, 0.25) is 0 Å². The minimum absolute atomic E-state index is 0.0664. The first-order valence-corrected chi connectivity index (χ1v) is 6.10. The normalized spacial score (nSPS) is 10.4. The quantitative estimate of drug-likeness (QED) is 0.538. The van der Waals surface area contributed by atoms with Gasteiger partial charge in [0.25, 0.3) is 5.69 Å². The Morgan fingerprint density at radius 1 is 1.00 bits per heavy atom. The van der Waals surface area contributed by atoms with Crippen LogP contribution in [0, 0.1) is 10.1 Å². The van der Waals surface area contributed by atoms with Gasteiger partial charge in [-0.25, -0.2) is 4.68 Å². The van der Waals surface area contributed by atoms with E-state index >= 15 is 0 Å². The first-order chi connectivity index (χ1) is 9.74. The smallest absolute Gasteiger partial charge is 0.258 e. The average Bonchev–Trinajstić information content (AvgIpc) is 2.98. The number of nitro groups is 1. The summed E-state index contributed by atoms with van der Waals surface area (Å²) in [4.78, 5) is 10.4. The third kappa shape index (κ3) is 2.29. The van der Waals surface area contributed by atoms with Crippen molar-refractivity contribution in [3.63, 3.8) is 0 Å². The van der Waals surface area contributed by atoms with Crippen LogP contribution in [0.15, 0.2) is 66.9 Å². The Balaban J connectivity index is 1.98. The van der Waals surface area contributed by atoms with Crippen molar-refractivity contribution in [3.8, 4) is 16.9 Å². The Labute approximate surface area is 115 Å². The molecule has 0 spiro atoms. The molecule has 3 aromatic rings. The number of nitrogens with zero attached hydrogens (tertiary/aromatic N) is 3. The lowest BCUT2D eigenvalue weighted by Gasteiger charge is -2.00. The van der Waals surface area contributed by atoms with Crippen molar-refractivity contribution in [2.75, 3.05) is 0 Å². The van der Waals surface area contributed by atoms with Crippen LogP contribution >= 0.6 is 0 Å². The molecular formula is C15H11N3O2. The summed E-state index contributed by atoms with van der Waals surface area (Å²) in [5, 5.41) is 15.2. The van der Waals surface area contributed by atoms with Gasteiger partial charge in [0.1, 0.15) is 0 Å². The molecule has 98 valence electrons. The molecule has 0 radical (unpaired) electrons. The summed E-state index contributed by atoms with van der Waals surface area (Å²) in [6.07, 6.45) is 1.84. The first-order valence-electron chi connectivity index (χ1n) is 6.10. The summed E-state index contributed by atoms with van der Waals surface area (Å²) in [6.45, 7) is 0. The third-order valence-corrected chi connectivity index (χ3v) is 2.96. The standard InChI is InChI=1S/C15H11N3O2/c19-18(20)14-8-4-5-12(11-14)15-9-10-17(16-15)13-6-2-1-3-7-13/h1-11H. The molecule has 5 heteroatoms. The second kappa shape index (κ2) is 4.97. The molecular weight excluding hydrogens is 254 g/mol. The van der Waals surface area contributed by atoms with Crippen LogP contribution in [-0.4, -0.2) is 14.7 Å². The van der Waals surface area contributed by atoms with Crippen molar-refractivity contribution >= 4 is 5.69 Å². The van der Waals surface area contributed by atoms with E-state index in [2.05, 4.69) is 5.10 Å². The predicted molar refractivity (Wildman–Crippen MR) is 75.7 cm³/mol. The number of non-ortho nitro benzene ring substituents is 1. The summed E-state index contributed by atoms with van der Waals surface area (Å²) in [5.41, 5.74) is 2.45. The monoisotopic (exact) mass is 265 g/mol. The number of para-hydroxylation sites is 1. The highest BCUT2D eigenvalue weighted by Gasteiger charge is 2.09. The Bertz CT molecular complexity index is 751. The fourth-order valence-electron chi connectivity index (χ4n) is 1.98. The number of hydrogen-bond donors (Lipinski definition) is 0. The van der Waals surface area contributed by atoms with Gasteiger partial charge in [0.15, 0.2) is 0 Å². The lowest BCUT2D eigenvalue weighted by Crippen LogP contribution is -1.94. The first kappa shape index (κ1) is 12.1. The van der Waals surface area contributed by atoms with Gasteiger partial charge < -0.3 is 0 Å². The van der Waals surface area contributed by atoms with Gasteiger partial charge in [-0.1, -0.05) is 30.3 Å². The van der Waals surface area contributed by atoms with E-state index in [1.54, 1.807) is 10.7 Å². The van der Waals surface area contributed by atoms with Gasteiger partial charge in [0.05, 0.1) is 16.3 Å². The molecule has 0 aliphatic carbocycles. The van der Waals surface area contributed by atoms with Crippen LogP contribution in [0.3, 0.4) is 0 Å². The van der Waals surface area contributed by atoms with Crippen LogP contribution in [-0.2, 0) is 0 Å². The summed E-state index contributed by atoms with van der Waals surface area (Å²) in [7, 11) is 0. The summed E-state index contributed by atoms with van der Waals surface area (Å²) < 4.78 is 1.74. The van der Waals surface area contributed by atoms with Crippen LogP contribution in [0.1, 0.15) is 0 Å². The van der Waals surface area contributed by atoms with Gasteiger partial charge >= 0.3 is 0 Å². The van der Waals surface area contributed by atoms with Gasteiger partial charge in [-0.15, -0.1) is 0 Å². The van der Waals surface area contributed by atoms with Gasteiger partial charge in [0, 0.05) is 23.9 Å². The Hall–Kier alpha value is -2.95. The number of nitro benzene ring substituents is 1. The summed E-state index contributed by atoms with van der Waals surface area (Å²) in [6, 6.07) is 18.0. The lowest BCUT2D eigenvalue weighted by atomic mass is 10.1. The van der Waals surface area contributed by atoms with Gasteiger partial charge in [-0.2, -0.15) is 5.10 Å². The van der Waals surface area contributed by atoms with E-state index < -0.39 is 4.92 Å². The molecule has 0 saturated carbocycles. The number of aromatic nitrogens is 2. The van der Waals surface area contributed by atoms with E-state index in [-0.39, 0.29) is 5.69 Å². The van der Waals surface area contributed by atoms with Crippen LogP contribution in [0.25, 0.3) is 16.9 Å². The number of rotatable bonds is 3. The minimum atomic E-state index is -0.405. The van der Waals surface area contributed by atoms with E-state index in [0.29, 0.717) is 5.69 Å². The second-order valence-corrected chi connectivity index (χ2v) is 4.29. The fourth-order valence-corrected chi connectivity index (χ4v) is 1.98. The zero-order valence-corrected chi connectivity index (χ0v) is 10.5. The zero-order chi connectivity index (χ0) is 13.9. The van der Waals surface area contributed by atoms with Crippen LogP contribution in [0.4, 0.5) is 5.69 Å². The fraction of sp³-hybridized carbons (Fsp3) is 0. The minimum Gasteiger partial charge on any atom is -0.258 e.